The van der Waals surface area contributed by atoms with Gasteiger partial charge in [0, 0.05) is 0 Å². The van der Waals surface area contributed by atoms with Crippen molar-refractivity contribution in [2.75, 3.05) is 28.3 Å². The molecule has 1 unspecified atom stereocenters. The quantitative estimate of drug-likeness (QED) is 0.741. The summed E-state index contributed by atoms with van der Waals surface area (Å²) in [4.78, 5) is 14.7. The van der Waals surface area contributed by atoms with E-state index >= 15 is 0 Å². The summed E-state index contributed by atoms with van der Waals surface area (Å²) in [7, 11) is 6.97. The van der Waals surface area contributed by atoms with Crippen molar-refractivity contribution in [1.29, 1.82) is 0 Å². The zero-order valence-electron chi connectivity index (χ0n) is 12.6. The molecule has 4 heteroatoms. The molecule has 1 rings (SSSR count). The monoisotopic (exact) mass is 265 g/mol. The van der Waals surface area contributed by atoms with Gasteiger partial charge in [0.15, 0.2) is 5.78 Å². The molecule has 1 aromatic rings. The van der Waals surface area contributed by atoms with E-state index in [-0.39, 0.29) is 5.78 Å². The molecule has 106 valence electrons. The first kappa shape index (κ1) is 15.5. The van der Waals surface area contributed by atoms with Gasteiger partial charge in [-0.25, -0.2) is 0 Å². The van der Waals surface area contributed by atoms with Crippen molar-refractivity contribution in [3.63, 3.8) is 0 Å². The summed E-state index contributed by atoms with van der Waals surface area (Å²) < 4.78 is 10.5. The predicted molar refractivity (Wildman–Crippen MR) is 76.3 cm³/mol. The number of ether oxygens (including phenoxy) is 2. The lowest BCUT2D eigenvalue weighted by molar-refractivity contribution is 0.0707. The number of nitrogens with zero attached hydrogens (tertiary/aromatic N) is 1. The van der Waals surface area contributed by atoms with E-state index in [0.717, 1.165) is 6.42 Å². The average molecular weight is 265 g/mol. The minimum atomic E-state index is -0.556. The molecule has 0 N–H and O–H groups in total. The van der Waals surface area contributed by atoms with Crippen LogP contribution in [0.5, 0.6) is 11.5 Å². The Morgan fingerprint density at radius 3 is 2.32 bits per heavy atom. The maximum absolute atomic E-state index is 12.8. The zero-order valence-corrected chi connectivity index (χ0v) is 12.6. The third-order valence-electron chi connectivity index (χ3n) is 3.82. The van der Waals surface area contributed by atoms with Crippen molar-refractivity contribution >= 4 is 5.78 Å². The van der Waals surface area contributed by atoms with Crippen molar-refractivity contribution in [3.05, 3.63) is 23.8 Å². The van der Waals surface area contributed by atoms with Crippen LogP contribution in [-0.2, 0) is 0 Å². The van der Waals surface area contributed by atoms with E-state index in [2.05, 4.69) is 0 Å². The van der Waals surface area contributed by atoms with Gasteiger partial charge in [-0.05, 0) is 45.6 Å². The standard InChI is InChI=1S/C15H23NO3/c1-7-15(2,16(3)4)14(17)12-10-11(18-5)8-9-13(12)19-6/h8-10H,7H2,1-6H3. The Labute approximate surface area is 115 Å². The van der Waals surface area contributed by atoms with Crippen molar-refractivity contribution in [3.8, 4) is 11.5 Å². The summed E-state index contributed by atoms with van der Waals surface area (Å²) in [5, 5.41) is 0. The van der Waals surface area contributed by atoms with Gasteiger partial charge in [0.25, 0.3) is 0 Å². The van der Waals surface area contributed by atoms with Gasteiger partial charge < -0.3 is 9.47 Å². The van der Waals surface area contributed by atoms with Gasteiger partial charge in [0.2, 0.25) is 0 Å². The fourth-order valence-electron chi connectivity index (χ4n) is 1.96. The number of carbonyl (C=O) groups excluding carboxylic acids is 1. The molecule has 0 aliphatic carbocycles. The number of likely N-dealkylation sites (N-methyl/N-ethyl adjacent to an activating group) is 1. The van der Waals surface area contributed by atoms with Crippen LogP contribution in [0.3, 0.4) is 0 Å². The lowest BCUT2D eigenvalue weighted by Gasteiger charge is -2.34. The number of hydrogen-bond acceptors (Lipinski definition) is 4. The minimum Gasteiger partial charge on any atom is -0.497 e. The SMILES string of the molecule is CCC(C)(C(=O)c1cc(OC)ccc1OC)N(C)C. The molecule has 0 saturated carbocycles. The van der Waals surface area contributed by atoms with E-state index < -0.39 is 5.54 Å². The molecule has 4 nitrogen and oxygen atoms in total. The van der Waals surface area contributed by atoms with Gasteiger partial charge >= 0.3 is 0 Å². The van der Waals surface area contributed by atoms with Crippen molar-refractivity contribution in [2.45, 2.75) is 25.8 Å². The van der Waals surface area contributed by atoms with E-state index in [1.807, 2.05) is 32.8 Å². The lowest BCUT2D eigenvalue weighted by atomic mass is 9.87. The van der Waals surface area contributed by atoms with E-state index in [0.29, 0.717) is 17.1 Å². The van der Waals surface area contributed by atoms with Gasteiger partial charge in [-0.15, -0.1) is 0 Å². The zero-order chi connectivity index (χ0) is 14.6. The molecule has 0 spiro atoms. The average Bonchev–Trinajstić information content (AvgIpc) is 2.44. The highest BCUT2D eigenvalue weighted by Crippen LogP contribution is 2.30. The third-order valence-corrected chi connectivity index (χ3v) is 3.82. The number of carbonyl (C=O) groups is 1. The largest absolute Gasteiger partial charge is 0.497 e. The van der Waals surface area contributed by atoms with Gasteiger partial charge in [-0.2, -0.15) is 0 Å². The summed E-state index contributed by atoms with van der Waals surface area (Å²) in [5.74, 6) is 1.27. The summed E-state index contributed by atoms with van der Waals surface area (Å²) in [6.07, 6.45) is 0.721. The topological polar surface area (TPSA) is 38.8 Å². The molecule has 0 amide bonds. The maximum Gasteiger partial charge on any atom is 0.186 e. The fraction of sp³-hybridized carbons (Fsp3) is 0.533. The summed E-state index contributed by atoms with van der Waals surface area (Å²) in [6.45, 7) is 3.94. The third kappa shape index (κ3) is 2.89. The Kier molecular flexibility index (Phi) is 4.95. The van der Waals surface area contributed by atoms with Crippen LogP contribution in [0.1, 0.15) is 30.6 Å². The highest BCUT2D eigenvalue weighted by molar-refractivity contribution is 6.05. The van der Waals surface area contributed by atoms with Gasteiger partial charge in [0.05, 0.1) is 25.3 Å². The van der Waals surface area contributed by atoms with Crippen LogP contribution in [0.2, 0.25) is 0 Å². The van der Waals surface area contributed by atoms with Crippen LogP contribution in [0.4, 0.5) is 0 Å². The van der Waals surface area contributed by atoms with Crippen LogP contribution < -0.4 is 9.47 Å². The molecule has 1 atom stereocenters. The Hall–Kier alpha value is -1.55. The molecule has 0 fully saturated rings. The molecule has 0 aliphatic heterocycles. The summed E-state index contributed by atoms with van der Waals surface area (Å²) >= 11 is 0. The lowest BCUT2D eigenvalue weighted by Crippen LogP contribution is -2.48. The molecule has 1 aromatic carbocycles. The highest BCUT2D eigenvalue weighted by Gasteiger charge is 2.36. The molecule has 0 aromatic heterocycles. The number of hydrogen-bond donors (Lipinski definition) is 0. The van der Waals surface area contributed by atoms with Crippen LogP contribution >= 0.6 is 0 Å². The summed E-state index contributed by atoms with van der Waals surface area (Å²) in [6, 6.07) is 5.28. The molecule has 0 radical (unpaired) electrons. The molecular formula is C15H23NO3. The highest BCUT2D eigenvalue weighted by atomic mass is 16.5. The smallest absolute Gasteiger partial charge is 0.186 e. The number of ketones is 1. The van der Waals surface area contributed by atoms with Crippen molar-refractivity contribution < 1.29 is 14.3 Å². The van der Waals surface area contributed by atoms with E-state index in [9.17, 15) is 4.79 Å². The minimum absolute atomic E-state index is 0.0377. The Morgan fingerprint density at radius 1 is 1.26 bits per heavy atom. The van der Waals surface area contributed by atoms with Gasteiger partial charge in [0.1, 0.15) is 11.5 Å². The molecule has 0 bridgehead atoms. The second-order valence-electron chi connectivity index (χ2n) is 4.92. The first-order chi connectivity index (χ1) is 8.90. The first-order valence-electron chi connectivity index (χ1n) is 6.35. The van der Waals surface area contributed by atoms with Crippen LogP contribution in [0, 0.1) is 0 Å². The normalized spacial score (nSPS) is 14.1. The van der Waals surface area contributed by atoms with Gasteiger partial charge in [-0.3, -0.25) is 9.69 Å². The van der Waals surface area contributed by atoms with Crippen molar-refractivity contribution in [1.82, 2.24) is 4.90 Å². The van der Waals surface area contributed by atoms with Crippen LogP contribution in [0.15, 0.2) is 18.2 Å². The Bertz CT molecular complexity index is 457. The van der Waals surface area contributed by atoms with Crippen molar-refractivity contribution in [2.24, 2.45) is 0 Å². The maximum atomic E-state index is 12.8. The number of benzene rings is 1. The van der Waals surface area contributed by atoms with E-state index in [1.165, 1.54) is 0 Å². The molecular weight excluding hydrogens is 242 g/mol. The van der Waals surface area contributed by atoms with E-state index in [4.69, 9.17) is 9.47 Å². The number of rotatable bonds is 6. The number of Topliss-reactive ketones (excluding diaryl/α,β-unsaturated/α-hetero) is 1. The summed E-state index contributed by atoms with van der Waals surface area (Å²) in [5.41, 5.74) is -0.000445. The molecule has 0 heterocycles. The second kappa shape index (κ2) is 6.06. The first-order valence-corrected chi connectivity index (χ1v) is 6.35. The van der Waals surface area contributed by atoms with E-state index in [1.54, 1.807) is 32.4 Å². The van der Waals surface area contributed by atoms with Crippen LogP contribution in [-0.4, -0.2) is 44.5 Å². The van der Waals surface area contributed by atoms with Crippen LogP contribution in [0.25, 0.3) is 0 Å². The van der Waals surface area contributed by atoms with Gasteiger partial charge in [-0.1, -0.05) is 6.92 Å². The molecule has 0 saturated heterocycles. The second-order valence-corrected chi connectivity index (χ2v) is 4.92. The Morgan fingerprint density at radius 2 is 1.89 bits per heavy atom. The fourth-order valence-corrected chi connectivity index (χ4v) is 1.96. The predicted octanol–water partition coefficient (Wildman–Crippen LogP) is 2.62. The number of methoxy groups -OCH3 is 2. The molecule has 19 heavy (non-hydrogen) atoms. The Balaban J connectivity index is 3.31. The molecule has 0 aliphatic rings.